The number of aromatic nitrogens is 1. The number of carbonyl (C=O) groups is 2. The van der Waals surface area contributed by atoms with Crippen LogP contribution in [-0.2, 0) is 16.1 Å². The van der Waals surface area contributed by atoms with E-state index < -0.39 is 0 Å². The van der Waals surface area contributed by atoms with Gasteiger partial charge in [-0.1, -0.05) is 18.2 Å². The fourth-order valence-electron chi connectivity index (χ4n) is 3.54. The van der Waals surface area contributed by atoms with E-state index in [1.54, 1.807) is 16.7 Å². The van der Waals surface area contributed by atoms with Gasteiger partial charge in [0.05, 0.1) is 0 Å². The van der Waals surface area contributed by atoms with Gasteiger partial charge in [-0.25, -0.2) is 0 Å². The van der Waals surface area contributed by atoms with Crippen LogP contribution in [0.2, 0.25) is 0 Å². The van der Waals surface area contributed by atoms with Crippen LogP contribution in [0.4, 0.5) is 0 Å². The molecule has 1 saturated heterocycles. The Labute approximate surface area is 148 Å². The summed E-state index contributed by atoms with van der Waals surface area (Å²) < 4.78 is 2.05. The highest BCUT2D eigenvalue weighted by molar-refractivity contribution is 5.87. The summed E-state index contributed by atoms with van der Waals surface area (Å²) in [7, 11) is 1.82. The summed E-state index contributed by atoms with van der Waals surface area (Å²) in [5, 5.41) is 0. The van der Waals surface area contributed by atoms with Gasteiger partial charge < -0.3 is 14.4 Å². The van der Waals surface area contributed by atoms with Gasteiger partial charge in [-0.15, -0.1) is 0 Å². The van der Waals surface area contributed by atoms with Crippen molar-refractivity contribution in [1.29, 1.82) is 0 Å². The summed E-state index contributed by atoms with van der Waals surface area (Å²) >= 11 is 0. The van der Waals surface area contributed by atoms with E-state index in [9.17, 15) is 9.59 Å². The van der Waals surface area contributed by atoms with Gasteiger partial charge in [0.2, 0.25) is 11.8 Å². The maximum absolute atomic E-state index is 12.9. The average Bonchev–Trinajstić information content (AvgIpc) is 3.16. The van der Waals surface area contributed by atoms with Gasteiger partial charge in [0, 0.05) is 45.1 Å². The second-order valence-electron chi connectivity index (χ2n) is 6.64. The molecule has 132 valence electrons. The number of hydrogen-bond donors (Lipinski definition) is 0. The molecule has 5 nitrogen and oxygen atoms in total. The highest BCUT2D eigenvalue weighted by Crippen LogP contribution is 2.21. The lowest BCUT2D eigenvalue weighted by atomic mass is 10.0. The van der Waals surface area contributed by atoms with Crippen LogP contribution in [0.5, 0.6) is 0 Å². The van der Waals surface area contributed by atoms with E-state index in [0.29, 0.717) is 13.1 Å². The molecule has 1 fully saturated rings. The molecule has 0 N–H and O–H groups in total. The van der Waals surface area contributed by atoms with Gasteiger partial charge in [-0.3, -0.25) is 9.59 Å². The van der Waals surface area contributed by atoms with E-state index in [2.05, 4.69) is 10.6 Å². The van der Waals surface area contributed by atoms with Crippen LogP contribution in [0, 0.1) is 0 Å². The first-order valence-electron chi connectivity index (χ1n) is 8.81. The van der Waals surface area contributed by atoms with Crippen LogP contribution in [-0.4, -0.2) is 45.8 Å². The van der Waals surface area contributed by atoms with E-state index in [-0.39, 0.29) is 17.9 Å². The summed E-state index contributed by atoms with van der Waals surface area (Å²) in [6.45, 7) is 2.75. The minimum Gasteiger partial charge on any atom is -0.340 e. The van der Waals surface area contributed by atoms with Crippen LogP contribution >= 0.6 is 0 Å². The molecular weight excluding hydrogens is 314 g/mol. The molecule has 1 aliphatic heterocycles. The topological polar surface area (TPSA) is 45.6 Å². The molecule has 1 aromatic carbocycles. The third kappa shape index (κ3) is 3.76. The number of nitrogens with zero attached hydrogens (tertiary/aromatic N) is 3. The van der Waals surface area contributed by atoms with Crippen molar-refractivity contribution in [1.82, 2.24) is 14.4 Å². The van der Waals surface area contributed by atoms with Crippen LogP contribution in [0.1, 0.15) is 31.7 Å². The largest absolute Gasteiger partial charge is 0.340 e. The highest BCUT2D eigenvalue weighted by atomic mass is 16.2. The van der Waals surface area contributed by atoms with Gasteiger partial charge in [-0.05, 0) is 43.0 Å². The van der Waals surface area contributed by atoms with Gasteiger partial charge in [-0.2, -0.15) is 0 Å². The zero-order valence-corrected chi connectivity index (χ0v) is 14.9. The van der Waals surface area contributed by atoms with Crippen molar-refractivity contribution in [3.63, 3.8) is 0 Å². The molecule has 2 heterocycles. The van der Waals surface area contributed by atoms with Crippen LogP contribution in [0.3, 0.4) is 0 Å². The Morgan fingerprint density at radius 1 is 1.12 bits per heavy atom. The Morgan fingerprint density at radius 3 is 2.56 bits per heavy atom. The number of piperidine rings is 1. The number of likely N-dealkylation sites (tertiary alicyclic amines) is 1. The Bertz CT molecular complexity index is 739. The first-order chi connectivity index (χ1) is 12.1. The molecule has 0 saturated carbocycles. The van der Waals surface area contributed by atoms with Gasteiger partial charge in [0.1, 0.15) is 6.04 Å². The van der Waals surface area contributed by atoms with Crippen molar-refractivity contribution < 1.29 is 9.59 Å². The van der Waals surface area contributed by atoms with Crippen molar-refractivity contribution in [3.8, 4) is 5.69 Å². The van der Waals surface area contributed by atoms with Crippen molar-refractivity contribution in [3.05, 3.63) is 54.4 Å². The first kappa shape index (κ1) is 17.3. The number of rotatable bonds is 4. The van der Waals surface area contributed by atoms with E-state index in [1.807, 2.05) is 49.8 Å². The normalized spacial score (nSPS) is 17.4. The van der Waals surface area contributed by atoms with Gasteiger partial charge >= 0.3 is 0 Å². The minimum atomic E-state index is -0.324. The van der Waals surface area contributed by atoms with Crippen molar-refractivity contribution in [2.75, 3.05) is 13.6 Å². The molecule has 1 aliphatic rings. The number of amides is 2. The number of likely N-dealkylation sites (N-methyl/N-ethyl adjacent to an activating group) is 1. The predicted octanol–water partition coefficient (Wildman–Crippen LogP) is 2.84. The molecular formula is C20H25N3O2. The van der Waals surface area contributed by atoms with Crippen molar-refractivity contribution in [2.24, 2.45) is 0 Å². The monoisotopic (exact) mass is 339 g/mol. The van der Waals surface area contributed by atoms with Crippen LogP contribution in [0.15, 0.2) is 48.8 Å². The molecule has 0 bridgehead atoms. The first-order valence-corrected chi connectivity index (χ1v) is 8.81. The van der Waals surface area contributed by atoms with Crippen LogP contribution in [0.25, 0.3) is 5.69 Å². The van der Waals surface area contributed by atoms with E-state index in [1.165, 1.54) is 0 Å². The molecule has 5 heteroatoms. The quantitative estimate of drug-likeness (QED) is 0.860. The Kier molecular flexibility index (Phi) is 5.22. The number of benzene rings is 1. The van der Waals surface area contributed by atoms with Gasteiger partial charge in [0.25, 0.3) is 0 Å². The molecule has 1 aromatic heterocycles. The van der Waals surface area contributed by atoms with E-state index in [0.717, 1.165) is 30.5 Å². The summed E-state index contributed by atoms with van der Waals surface area (Å²) in [5.41, 5.74) is 2.15. The maximum atomic E-state index is 12.9. The third-order valence-electron chi connectivity index (χ3n) is 4.85. The summed E-state index contributed by atoms with van der Waals surface area (Å²) in [5.74, 6) is 0.0106. The number of hydrogen-bond acceptors (Lipinski definition) is 2. The maximum Gasteiger partial charge on any atom is 0.245 e. The van der Waals surface area contributed by atoms with Gasteiger partial charge in [0.15, 0.2) is 0 Å². The second kappa shape index (κ2) is 7.55. The number of para-hydroxylation sites is 1. The lowest BCUT2D eigenvalue weighted by Gasteiger charge is -2.36. The lowest BCUT2D eigenvalue weighted by Crippen LogP contribution is -2.51. The predicted molar refractivity (Wildman–Crippen MR) is 97.3 cm³/mol. The molecule has 0 spiro atoms. The van der Waals surface area contributed by atoms with Crippen molar-refractivity contribution in [2.45, 2.75) is 38.8 Å². The summed E-state index contributed by atoms with van der Waals surface area (Å²) in [6, 6.07) is 11.7. The Morgan fingerprint density at radius 2 is 1.84 bits per heavy atom. The second-order valence-corrected chi connectivity index (χ2v) is 6.64. The molecule has 3 rings (SSSR count). The lowest BCUT2D eigenvalue weighted by molar-refractivity contribution is -0.146. The molecule has 2 amide bonds. The Hall–Kier alpha value is -2.56. The summed E-state index contributed by atoms with van der Waals surface area (Å²) in [4.78, 5) is 28.3. The minimum absolute atomic E-state index is 0.0146. The average molecular weight is 339 g/mol. The summed E-state index contributed by atoms with van der Waals surface area (Å²) in [6.07, 6.45) is 6.72. The van der Waals surface area contributed by atoms with E-state index in [4.69, 9.17) is 0 Å². The van der Waals surface area contributed by atoms with E-state index >= 15 is 0 Å². The van der Waals surface area contributed by atoms with Crippen LogP contribution < -0.4 is 0 Å². The standard InChI is InChI=1S/C20H25N3O2/c1-16(24)23-14-6-5-11-19(23)20(25)21(2)15-17-9-3-4-10-18(17)22-12-7-8-13-22/h3-4,7-10,12-13,19H,5-6,11,14-15H2,1-2H3. The zero-order chi connectivity index (χ0) is 17.8. The third-order valence-corrected chi connectivity index (χ3v) is 4.85. The zero-order valence-electron chi connectivity index (χ0n) is 14.9. The molecule has 0 radical (unpaired) electrons. The molecule has 25 heavy (non-hydrogen) atoms. The number of carbonyl (C=O) groups excluding carboxylic acids is 2. The SMILES string of the molecule is CC(=O)N1CCCCC1C(=O)N(C)Cc1ccccc1-n1cccc1. The smallest absolute Gasteiger partial charge is 0.245 e. The van der Waals surface area contributed by atoms with Crippen molar-refractivity contribution >= 4 is 11.8 Å². The molecule has 0 aliphatic carbocycles. The fraction of sp³-hybridized carbons (Fsp3) is 0.400. The fourth-order valence-corrected chi connectivity index (χ4v) is 3.54. The molecule has 2 aromatic rings. The molecule has 1 atom stereocenters. The highest BCUT2D eigenvalue weighted by Gasteiger charge is 2.32. The molecule has 1 unspecified atom stereocenters. The Balaban J connectivity index is 1.77.